The molecule has 3 rings (SSSR count). The average Bonchev–Trinajstić information content (AvgIpc) is 2.65. The topological polar surface area (TPSA) is 71.1 Å². The monoisotopic (exact) mass is 349 g/mol. The van der Waals surface area contributed by atoms with Crippen molar-refractivity contribution in [2.45, 2.75) is 6.92 Å². The number of carbonyl (C=O) groups excluding carboxylic acids is 2. The molecule has 3 aromatic rings. The quantitative estimate of drug-likeness (QED) is 0.747. The van der Waals surface area contributed by atoms with Gasteiger partial charge < -0.3 is 10.6 Å². The molecule has 0 saturated carbocycles. The van der Waals surface area contributed by atoms with Crippen molar-refractivity contribution in [2.24, 2.45) is 0 Å². The lowest BCUT2D eigenvalue weighted by Gasteiger charge is -2.09. The summed E-state index contributed by atoms with van der Waals surface area (Å²) < 4.78 is 13.7. The molecule has 0 aliphatic carbocycles. The molecule has 0 fully saturated rings. The van der Waals surface area contributed by atoms with E-state index in [2.05, 4.69) is 15.6 Å². The van der Waals surface area contributed by atoms with Crippen molar-refractivity contribution in [3.05, 3.63) is 89.5 Å². The summed E-state index contributed by atoms with van der Waals surface area (Å²) >= 11 is 0. The third-order valence-corrected chi connectivity index (χ3v) is 3.77. The van der Waals surface area contributed by atoms with Crippen LogP contribution in [0.1, 0.15) is 26.4 Å². The number of benzene rings is 2. The Hall–Kier alpha value is -3.54. The fourth-order valence-corrected chi connectivity index (χ4v) is 2.35. The van der Waals surface area contributed by atoms with Crippen molar-refractivity contribution in [2.75, 3.05) is 10.6 Å². The number of carbonyl (C=O) groups is 2. The number of anilines is 2. The van der Waals surface area contributed by atoms with Crippen LogP contribution >= 0.6 is 0 Å². The summed E-state index contributed by atoms with van der Waals surface area (Å²) in [5.41, 5.74) is 1.96. The Morgan fingerprint density at radius 2 is 1.54 bits per heavy atom. The summed E-state index contributed by atoms with van der Waals surface area (Å²) in [5, 5.41) is 5.24. The van der Waals surface area contributed by atoms with Crippen LogP contribution in [0.15, 0.2) is 66.9 Å². The normalized spacial score (nSPS) is 10.2. The second kappa shape index (κ2) is 7.57. The molecule has 6 heteroatoms. The Labute approximate surface area is 149 Å². The van der Waals surface area contributed by atoms with Gasteiger partial charge in [0.1, 0.15) is 11.5 Å². The van der Waals surface area contributed by atoms with Crippen LogP contribution in [0.5, 0.6) is 0 Å². The Morgan fingerprint density at radius 1 is 0.885 bits per heavy atom. The highest BCUT2D eigenvalue weighted by atomic mass is 19.1. The first kappa shape index (κ1) is 17.3. The third kappa shape index (κ3) is 3.92. The first-order chi connectivity index (χ1) is 12.5. The van der Waals surface area contributed by atoms with Crippen molar-refractivity contribution >= 4 is 23.2 Å². The fourth-order valence-electron chi connectivity index (χ4n) is 2.35. The summed E-state index contributed by atoms with van der Waals surface area (Å²) in [4.78, 5) is 28.7. The molecule has 0 spiro atoms. The van der Waals surface area contributed by atoms with E-state index in [1.54, 1.807) is 12.1 Å². The molecule has 1 aromatic heterocycles. The minimum atomic E-state index is -0.597. The number of amides is 2. The maximum Gasteiger partial charge on any atom is 0.274 e. The first-order valence-electron chi connectivity index (χ1n) is 7.93. The summed E-state index contributed by atoms with van der Waals surface area (Å²) in [5.74, 6) is -1.50. The van der Waals surface area contributed by atoms with Gasteiger partial charge in [-0.15, -0.1) is 0 Å². The van der Waals surface area contributed by atoms with Gasteiger partial charge in [-0.25, -0.2) is 4.39 Å². The van der Waals surface area contributed by atoms with Gasteiger partial charge in [0.15, 0.2) is 0 Å². The Balaban J connectivity index is 1.77. The summed E-state index contributed by atoms with van der Waals surface area (Å²) in [6.07, 6.45) is 1.36. The number of nitrogens with one attached hydrogen (secondary N) is 2. The van der Waals surface area contributed by atoms with Crippen LogP contribution in [0.4, 0.5) is 15.8 Å². The number of aromatic nitrogens is 1. The van der Waals surface area contributed by atoms with Crippen LogP contribution in [0, 0.1) is 12.7 Å². The second-order valence-electron chi connectivity index (χ2n) is 5.63. The fraction of sp³-hybridized carbons (Fsp3) is 0.0500. The van der Waals surface area contributed by atoms with E-state index in [1.807, 2.05) is 25.1 Å². The molecule has 1 heterocycles. The molecule has 26 heavy (non-hydrogen) atoms. The predicted molar refractivity (Wildman–Crippen MR) is 97.7 cm³/mol. The van der Waals surface area contributed by atoms with E-state index < -0.39 is 11.7 Å². The number of pyridine rings is 1. The zero-order valence-corrected chi connectivity index (χ0v) is 14.0. The second-order valence-corrected chi connectivity index (χ2v) is 5.63. The minimum absolute atomic E-state index is 0.0192. The zero-order valence-electron chi connectivity index (χ0n) is 14.0. The van der Waals surface area contributed by atoms with Gasteiger partial charge in [-0.2, -0.15) is 0 Å². The molecular weight excluding hydrogens is 333 g/mol. The zero-order chi connectivity index (χ0) is 18.5. The Morgan fingerprint density at radius 3 is 2.27 bits per heavy atom. The number of rotatable bonds is 4. The summed E-state index contributed by atoms with van der Waals surface area (Å²) in [6.45, 7) is 1.88. The van der Waals surface area contributed by atoms with E-state index in [-0.39, 0.29) is 22.9 Å². The highest BCUT2D eigenvalue weighted by Gasteiger charge is 2.14. The molecule has 0 radical (unpaired) electrons. The maximum absolute atomic E-state index is 13.7. The van der Waals surface area contributed by atoms with Crippen molar-refractivity contribution in [1.82, 2.24) is 4.98 Å². The van der Waals surface area contributed by atoms with Gasteiger partial charge >= 0.3 is 0 Å². The number of aryl methyl sites for hydroxylation is 1. The van der Waals surface area contributed by atoms with E-state index in [0.717, 1.165) is 5.56 Å². The van der Waals surface area contributed by atoms with E-state index in [4.69, 9.17) is 0 Å². The molecule has 2 N–H and O–H groups in total. The highest BCUT2D eigenvalue weighted by molar-refractivity contribution is 6.08. The van der Waals surface area contributed by atoms with Gasteiger partial charge in [0.25, 0.3) is 11.8 Å². The van der Waals surface area contributed by atoms with E-state index in [9.17, 15) is 14.0 Å². The largest absolute Gasteiger partial charge is 0.322 e. The lowest BCUT2D eigenvalue weighted by atomic mass is 10.1. The lowest BCUT2D eigenvalue weighted by Crippen LogP contribution is -2.17. The maximum atomic E-state index is 13.7. The number of halogens is 1. The Kier molecular flexibility index (Phi) is 5.03. The molecule has 0 bridgehead atoms. The van der Waals surface area contributed by atoms with Crippen molar-refractivity contribution in [3.8, 4) is 0 Å². The molecule has 2 amide bonds. The first-order valence-corrected chi connectivity index (χ1v) is 7.93. The molecule has 2 aromatic carbocycles. The molecule has 0 atom stereocenters. The van der Waals surface area contributed by atoms with Crippen LogP contribution < -0.4 is 10.6 Å². The molecule has 0 saturated heterocycles. The van der Waals surface area contributed by atoms with E-state index in [0.29, 0.717) is 5.69 Å². The van der Waals surface area contributed by atoms with Crippen LogP contribution in [-0.2, 0) is 0 Å². The molecule has 0 aliphatic rings. The van der Waals surface area contributed by atoms with Crippen LogP contribution in [0.2, 0.25) is 0 Å². The minimum Gasteiger partial charge on any atom is -0.322 e. The van der Waals surface area contributed by atoms with E-state index >= 15 is 0 Å². The number of nitrogens with zero attached hydrogens (tertiary/aromatic N) is 1. The average molecular weight is 349 g/mol. The van der Waals surface area contributed by atoms with Crippen molar-refractivity contribution < 1.29 is 14.0 Å². The molecule has 130 valence electrons. The number of hydrogen-bond donors (Lipinski definition) is 2. The molecule has 5 nitrogen and oxygen atoms in total. The van der Waals surface area contributed by atoms with Crippen LogP contribution in [0.25, 0.3) is 0 Å². The van der Waals surface area contributed by atoms with Crippen LogP contribution in [-0.4, -0.2) is 16.8 Å². The standard InChI is InChI=1S/C20H16FN3O2/c1-13-6-2-4-8-16(13)23-19(25)14-10-11-22-18(12-14)20(26)24-17-9-5-3-7-15(17)21/h2-12H,1H3,(H,23,25)(H,24,26). The predicted octanol–water partition coefficient (Wildman–Crippen LogP) is 4.03. The smallest absolute Gasteiger partial charge is 0.274 e. The van der Waals surface area contributed by atoms with Gasteiger partial charge in [0.05, 0.1) is 5.69 Å². The molecular formula is C20H16FN3O2. The van der Waals surface area contributed by atoms with Gasteiger partial charge in [0.2, 0.25) is 0 Å². The third-order valence-electron chi connectivity index (χ3n) is 3.77. The van der Waals surface area contributed by atoms with Gasteiger partial charge in [0, 0.05) is 17.4 Å². The van der Waals surface area contributed by atoms with Gasteiger partial charge in [-0.3, -0.25) is 14.6 Å². The number of para-hydroxylation sites is 2. The SMILES string of the molecule is Cc1ccccc1NC(=O)c1ccnc(C(=O)Nc2ccccc2F)c1. The Bertz CT molecular complexity index is 898. The molecule has 0 unspecified atom stereocenters. The number of hydrogen-bond acceptors (Lipinski definition) is 3. The van der Waals surface area contributed by atoms with Crippen LogP contribution in [0.3, 0.4) is 0 Å². The summed E-state index contributed by atoms with van der Waals surface area (Å²) in [7, 11) is 0. The van der Waals surface area contributed by atoms with Crippen molar-refractivity contribution in [3.63, 3.8) is 0 Å². The van der Waals surface area contributed by atoms with Gasteiger partial charge in [-0.05, 0) is 42.8 Å². The van der Waals surface area contributed by atoms with E-state index in [1.165, 1.54) is 36.5 Å². The lowest BCUT2D eigenvalue weighted by molar-refractivity contribution is 0.102. The molecule has 0 aliphatic heterocycles. The highest BCUT2D eigenvalue weighted by Crippen LogP contribution is 2.16. The van der Waals surface area contributed by atoms with Gasteiger partial charge in [-0.1, -0.05) is 30.3 Å². The summed E-state index contributed by atoms with van der Waals surface area (Å²) in [6, 6.07) is 16.1. The van der Waals surface area contributed by atoms with Crippen molar-refractivity contribution in [1.29, 1.82) is 0 Å².